The molecule has 1 aliphatic rings. The van der Waals surface area contributed by atoms with Gasteiger partial charge in [-0.25, -0.2) is 4.39 Å². The zero-order valence-electron chi connectivity index (χ0n) is 12.1. The number of likely N-dealkylation sites (tertiary alicyclic amines) is 1. The van der Waals surface area contributed by atoms with Crippen molar-refractivity contribution in [2.24, 2.45) is 0 Å². The second kappa shape index (κ2) is 7.01. The van der Waals surface area contributed by atoms with Crippen molar-refractivity contribution in [3.8, 4) is 0 Å². The molecule has 2 rings (SSSR count). The van der Waals surface area contributed by atoms with E-state index in [1.54, 1.807) is 12.1 Å². The molecule has 1 N–H and O–H groups in total. The van der Waals surface area contributed by atoms with Gasteiger partial charge in [-0.3, -0.25) is 4.90 Å². The Kier molecular flexibility index (Phi) is 5.34. The average Bonchev–Trinajstić information content (AvgIpc) is 2.82. The summed E-state index contributed by atoms with van der Waals surface area (Å²) in [6.45, 7) is 8.41. The lowest BCUT2D eigenvalue weighted by Crippen LogP contribution is -2.37. The van der Waals surface area contributed by atoms with Crippen molar-refractivity contribution in [3.63, 3.8) is 0 Å². The number of hydrogen-bond acceptors (Lipinski definition) is 2. The first-order valence-electron chi connectivity index (χ1n) is 7.40. The predicted octanol–water partition coefficient (Wildman–Crippen LogP) is 3.10. The summed E-state index contributed by atoms with van der Waals surface area (Å²) in [5.41, 5.74) is 2.32. The Hall–Kier alpha value is -0.930. The molecule has 1 heterocycles. The van der Waals surface area contributed by atoms with Crippen LogP contribution in [-0.2, 0) is 6.54 Å². The normalized spacial score (nSPS) is 20.1. The van der Waals surface area contributed by atoms with Crippen LogP contribution in [0.25, 0.3) is 0 Å². The van der Waals surface area contributed by atoms with E-state index in [0.717, 1.165) is 31.7 Å². The minimum atomic E-state index is -0.125. The molecule has 0 amide bonds. The lowest BCUT2D eigenvalue weighted by atomic mass is 10.1. The molecule has 0 saturated carbocycles. The second-order valence-electron chi connectivity index (χ2n) is 5.54. The third kappa shape index (κ3) is 4.02. The molecule has 1 unspecified atom stereocenters. The fraction of sp³-hybridized carbons (Fsp3) is 0.625. The summed E-state index contributed by atoms with van der Waals surface area (Å²) in [5.74, 6) is -0.125. The molecule has 1 saturated heterocycles. The van der Waals surface area contributed by atoms with Crippen molar-refractivity contribution in [1.29, 1.82) is 0 Å². The topological polar surface area (TPSA) is 15.3 Å². The molecule has 0 aromatic heterocycles. The molecule has 0 bridgehead atoms. The van der Waals surface area contributed by atoms with Gasteiger partial charge in [-0.05, 0) is 62.5 Å². The quantitative estimate of drug-likeness (QED) is 0.794. The van der Waals surface area contributed by atoms with Gasteiger partial charge in [0.2, 0.25) is 0 Å². The molecule has 0 spiro atoms. The van der Waals surface area contributed by atoms with Gasteiger partial charge in [0.25, 0.3) is 0 Å². The molecule has 1 aromatic rings. The van der Waals surface area contributed by atoms with Crippen molar-refractivity contribution in [1.82, 2.24) is 10.2 Å². The smallest absolute Gasteiger partial charge is 0.123 e. The Balaban J connectivity index is 1.95. The molecule has 1 atom stereocenters. The number of nitrogens with zero attached hydrogens (tertiary/aromatic N) is 1. The highest BCUT2D eigenvalue weighted by Crippen LogP contribution is 2.21. The summed E-state index contributed by atoms with van der Waals surface area (Å²) >= 11 is 0. The zero-order valence-corrected chi connectivity index (χ0v) is 12.1. The van der Waals surface area contributed by atoms with Crippen LogP contribution in [0, 0.1) is 12.7 Å². The van der Waals surface area contributed by atoms with E-state index in [9.17, 15) is 4.39 Å². The molecule has 1 aromatic carbocycles. The van der Waals surface area contributed by atoms with Crippen LogP contribution in [0.15, 0.2) is 18.2 Å². The van der Waals surface area contributed by atoms with Crippen molar-refractivity contribution >= 4 is 0 Å². The van der Waals surface area contributed by atoms with Crippen LogP contribution in [0.5, 0.6) is 0 Å². The molecule has 19 heavy (non-hydrogen) atoms. The largest absolute Gasteiger partial charge is 0.315 e. The standard InChI is InChI=1S/C16H25FN2/c1-3-8-18-11-16-5-4-9-19(16)12-14-10-15(17)7-6-13(14)2/h6-7,10,16,18H,3-5,8-9,11-12H2,1-2H3. The van der Waals surface area contributed by atoms with Gasteiger partial charge in [0.05, 0.1) is 0 Å². The fourth-order valence-corrected chi connectivity index (χ4v) is 2.81. The SMILES string of the molecule is CCCNCC1CCCN1Cc1cc(F)ccc1C. The van der Waals surface area contributed by atoms with Crippen LogP contribution in [0.3, 0.4) is 0 Å². The highest BCUT2D eigenvalue weighted by Gasteiger charge is 2.24. The second-order valence-corrected chi connectivity index (χ2v) is 5.54. The number of aryl methyl sites for hydroxylation is 1. The summed E-state index contributed by atoms with van der Waals surface area (Å²) in [7, 11) is 0. The van der Waals surface area contributed by atoms with E-state index in [4.69, 9.17) is 0 Å². The van der Waals surface area contributed by atoms with Crippen LogP contribution in [0.1, 0.15) is 37.3 Å². The fourth-order valence-electron chi connectivity index (χ4n) is 2.81. The van der Waals surface area contributed by atoms with Gasteiger partial charge in [0.1, 0.15) is 5.82 Å². The Bertz CT molecular complexity index is 406. The molecular formula is C16H25FN2. The highest BCUT2D eigenvalue weighted by molar-refractivity contribution is 5.26. The third-order valence-corrected chi connectivity index (χ3v) is 3.99. The molecule has 1 fully saturated rings. The third-order valence-electron chi connectivity index (χ3n) is 3.99. The number of halogens is 1. The summed E-state index contributed by atoms with van der Waals surface area (Å²) in [5, 5.41) is 3.50. The Morgan fingerprint density at radius 3 is 3.05 bits per heavy atom. The van der Waals surface area contributed by atoms with Crippen molar-refractivity contribution in [2.45, 2.75) is 45.7 Å². The molecule has 1 aliphatic heterocycles. The Morgan fingerprint density at radius 2 is 2.26 bits per heavy atom. The summed E-state index contributed by atoms with van der Waals surface area (Å²) in [4.78, 5) is 2.49. The van der Waals surface area contributed by atoms with Gasteiger partial charge in [-0.15, -0.1) is 0 Å². The minimum absolute atomic E-state index is 0.125. The molecule has 0 radical (unpaired) electrons. The monoisotopic (exact) mass is 264 g/mol. The summed E-state index contributed by atoms with van der Waals surface area (Å²) in [6, 6.07) is 5.72. The van der Waals surface area contributed by atoms with Gasteiger partial charge in [-0.2, -0.15) is 0 Å². The van der Waals surface area contributed by atoms with Gasteiger partial charge in [0.15, 0.2) is 0 Å². The summed E-state index contributed by atoms with van der Waals surface area (Å²) in [6.07, 6.45) is 3.69. The van der Waals surface area contributed by atoms with Crippen LogP contribution < -0.4 is 5.32 Å². The van der Waals surface area contributed by atoms with E-state index in [1.165, 1.54) is 24.8 Å². The van der Waals surface area contributed by atoms with E-state index in [1.807, 2.05) is 6.07 Å². The Labute approximate surface area is 116 Å². The Morgan fingerprint density at radius 1 is 1.42 bits per heavy atom. The lowest BCUT2D eigenvalue weighted by Gasteiger charge is -2.25. The maximum Gasteiger partial charge on any atom is 0.123 e. The van der Waals surface area contributed by atoms with Crippen LogP contribution in [0.4, 0.5) is 4.39 Å². The molecule has 2 nitrogen and oxygen atoms in total. The minimum Gasteiger partial charge on any atom is -0.315 e. The number of rotatable bonds is 6. The van der Waals surface area contributed by atoms with Crippen molar-refractivity contribution < 1.29 is 4.39 Å². The van der Waals surface area contributed by atoms with E-state index in [-0.39, 0.29) is 5.82 Å². The lowest BCUT2D eigenvalue weighted by molar-refractivity contribution is 0.239. The maximum atomic E-state index is 13.3. The van der Waals surface area contributed by atoms with Crippen molar-refractivity contribution in [3.05, 3.63) is 35.1 Å². The maximum absolute atomic E-state index is 13.3. The molecule has 0 aliphatic carbocycles. The van der Waals surface area contributed by atoms with Gasteiger partial charge < -0.3 is 5.32 Å². The number of benzene rings is 1. The molecule has 106 valence electrons. The van der Waals surface area contributed by atoms with Crippen molar-refractivity contribution in [2.75, 3.05) is 19.6 Å². The first kappa shape index (κ1) is 14.5. The molecule has 3 heteroatoms. The molecular weight excluding hydrogens is 239 g/mol. The van der Waals surface area contributed by atoms with E-state index in [2.05, 4.69) is 24.1 Å². The number of hydrogen-bond donors (Lipinski definition) is 1. The first-order chi connectivity index (χ1) is 9.20. The van der Waals surface area contributed by atoms with E-state index < -0.39 is 0 Å². The highest BCUT2D eigenvalue weighted by atomic mass is 19.1. The van der Waals surface area contributed by atoms with Crippen LogP contribution in [-0.4, -0.2) is 30.6 Å². The van der Waals surface area contributed by atoms with E-state index in [0.29, 0.717) is 6.04 Å². The zero-order chi connectivity index (χ0) is 13.7. The van der Waals surface area contributed by atoms with Gasteiger partial charge in [0, 0.05) is 19.1 Å². The van der Waals surface area contributed by atoms with E-state index >= 15 is 0 Å². The van der Waals surface area contributed by atoms with Gasteiger partial charge in [-0.1, -0.05) is 13.0 Å². The van der Waals surface area contributed by atoms with Crippen LogP contribution in [0.2, 0.25) is 0 Å². The predicted molar refractivity (Wildman–Crippen MR) is 77.7 cm³/mol. The summed E-state index contributed by atoms with van der Waals surface area (Å²) < 4.78 is 13.3. The first-order valence-corrected chi connectivity index (χ1v) is 7.40. The average molecular weight is 264 g/mol. The van der Waals surface area contributed by atoms with Gasteiger partial charge >= 0.3 is 0 Å². The number of nitrogens with one attached hydrogen (secondary N) is 1. The van der Waals surface area contributed by atoms with Crippen LogP contribution >= 0.6 is 0 Å².